The predicted molar refractivity (Wildman–Crippen MR) is 34.6 cm³/mol. The molecule has 1 saturated heterocycles. The van der Waals surface area contributed by atoms with Gasteiger partial charge in [0.2, 0.25) is 0 Å². The van der Waals surface area contributed by atoms with E-state index in [1.165, 1.54) is 0 Å². The molecule has 0 aromatic heterocycles. The average Bonchev–Trinajstić information content (AvgIpc) is 1.99. The molecule has 1 aliphatic heterocycles. The van der Waals surface area contributed by atoms with E-state index in [0.717, 1.165) is 0 Å². The zero-order chi connectivity index (χ0) is 8.43. The van der Waals surface area contributed by atoms with Crippen LogP contribution in [0.1, 0.15) is 6.42 Å². The molecule has 1 heterocycles. The molecule has 1 fully saturated rings. The van der Waals surface area contributed by atoms with Crippen LogP contribution in [0.25, 0.3) is 0 Å². The van der Waals surface area contributed by atoms with Gasteiger partial charge < -0.3 is 25.2 Å². The molecule has 1 rings (SSSR count). The van der Waals surface area contributed by atoms with Crippen LogP contribution in [-0.2, 0) is 4.74 Å². The van der Waals surface area contributed by atoms with Gasteiger partial charge in [-0.05, 0) is 0 Å². The van der Waals surface area contributed by atoms with Gasteiger partial charge in [0.1, 0.15) is 6.10 Å². The zero-order valence-electron chi connectivity index (χ0n) is 5.92. The van der Waals surface area contributed by atoms with Gasteiger partial charge in [-0.3, -0.25) is 0 Å². The molecule has 0 radical (unpaired) electrons. The second kappa shape index (κ2) is 3.46. The first-order chi connectivity index (χ1) is 5.15. The Labute approximate surface area is 63.8 Å². The monoisotopic (exact) mass is 164 g/mol. The van der Waals surface area contributed by atoms with Gasteiger partial charge in [0.15, 0.2) is 6.29 Å². The molecule has 5 nitrogen and oxygen atoms in total. The van der Waals surface area contributed by atoms with Crippen LogP contribution in [0.5, 0.6) is 0 Å². The molecule has 0 spiro atoms. The van der Waals surface area contributed by atoms with Gasteiger partial charge in [0.25, 0.3) is 0 Å². The van der Waals surface area contributed by atoms with Crippen LogP contribution < -0.4 is 0 Å². The summed E-state index contributed by atoms with van der Waals surface area (Å²) in [7, 11) is 0. The van der Waals surface area contributed by atoms with E-state index in [9.17, 15) is 0 Å². The normalized spacial score (nSPS) is 45.8. The summed E-state index contributed by atoms with van der Waals surface area (Å²) < 4.78 is 4.71. The van der Waals surface area contributed by atoms with Gasteiger partial charge in [-0.1, -0.05) is 0 Å². The van der Waals surface area contributed by atoms with Crippen molar-refractivity contribution >= 4 is 0 Å². The number of rotatable bonds is 1. The third kappa shape index (κ3) is 1.88. The van der Waals surface area contributed by atoms with Crippen molar-refractivity contribution in [1.82, 2.24) is 0 Å². The van der Waals surface area contributed by atoms with Crippen LogP contribution in [0.4, 0.5) is 0 Å². The van der Waals surface area contributed by atoms with Gasteiger partial charge >= 0.3 is 0 Å². The molecule has 11 heavy (non-hydrogen) atoms. The SMILES string of the molecule is OC[C@H]1C[C@@H](O)[C@@H](O)C(O)O1. The van der Waals surface area contributed by atoms with Gasteiger partial charge in [0, 0.05) is 6.42 Å². The van der Waals surface area contributed by atoms with Crippen molar-refractivity contribution in [2.75, 3.05) is 6.61 Å². The van der Waals surface area contributed by atoms with Crippen molar-refractivity contribution in [3.8, 4) is 0 Å². The van der Waals surface area contributed by atoms with Crippen molar-refractivity contribution in [3.05, 3.63) is 0 Å². The first kappa shape index (κ1) is 8.89. The minimum atomic E-state index is -1.39. The molecule has 66 valence electrons. The average molecular weight is 164 g/mol. The Balaban J connectivity index is 2.47. The lowest BCUT2D eigenvalue weighted by Crippen LogP contribution is -2.49. The molecule has 0 amide bonds. The molecular formula is C6H12O5. The van der Waals surface area contributed by atoms with E-state index in [4.69, 9.17) is 25.2 Å². The van der Waals surface area contributed by atoms with Gasteiger partial charge in [-0.2, -0.15) is 0 Å². The molecule has 0 aliphatic carbocycles. The smallest absolute Gasteiger partial charge is 0.183 e. The van der Waals surface area contributed by atoms with Crippen molar-refractivity contribution in [1.29, 1.82) is 0 Å². The fourth-order valence-electron chi connectivity index (χ4n) is 1.05. The molecule has 4 N–H and O–H groups in total. The quantitative estimate of drug-likeness (QED) is 0.353. The van der Waals surface area contributed by atoms with Crippen LogP contribution in [0.2, 0.25) is 0 Å². The Morgan fingerprint density at radius 1 is 1.27 bits per heavy atom. The number of hydrogen-bond donors (Lipinski definition) is 4. The zero-order valence-corrected chi connectivity index (χ0v) is 5.92. The van der Waals surface area contributed by atoms with Crippen LogP contribution >= 0.6 is 0 Å². The number of ether oxygens (including phenoxy) is 1. The molecule has 0 aromatic carbocycles. The van der Waals surface area contributed by atoms with E-state index < -0.39 is 24.6 Å². The fourth-order valence-corrected chi connectivity index (χ4v) is 1.05. The highest BCUT2D eigenvalue weighted by Gasteiger charge is 2.34. The van der Waals surface area contributed by atoms with Gasteiger partial charge in [0.05, 0.1) is 18.8 Å². The van der Waals surface area contributed by atoms with Crippen LogP contribution in [0, 0.1) is 0 Å². The first-order valence-corrected chi connectivity index (χ1v) is 3.45. The summed E-state index contributed by atoms with van der Waals surface area (Å²) in [5, 5.41) is 35.5. The molecule has 4 atom stereocenters. The highest BCUT2D eigenvalue weighted by molar-refractivity contribution is 4.79. The lowest BCUT2D eigenvalue weighted by molar-refractivity contribution is -0.251. The Hall–Kier alpha value is -0.200. The molecule has 1 aliphatic rings. The first-order valence-electron chi connectivity index (χ1n) is 3.45. The summed E-state index contributed by atoms with van der Waals surface area (Å²) in [6, 6.07) is 0. The summed E-state index contributed by atoms with van der Waals surface area (Å²) in [6.07, 6.45) is -4.11. The molecule has 0 bridgehead atoms. The Bertz CT molecular complexity index is 116. The highest BCUT2D eigenvalue weighted by atomic mass is 16.6. The van der Waals surface area contributed by atoms with E-state index in [1.807, 2.05) is 0 Å². The molecular weight excluding hydrogens is 152 g/mol. The van der Waals surface area contributed by atoms with Crippen molar-refractivity contribution in [2.45, 2.75) is 31.0 Å². The predicted octanol–water partition coefficient (Wildman–Crippen LogP) is -2.19. The number of aliphatic hydroxyl groups is 4. The van der Waals surface area contributed by atoms with Crippen LogP contribution in [0.15, 0.2) is 0 Å². The van der Waals surface area contributed by atoms with E-state index in [0.29, 0.717) is 0 Å². The summed E-state index contributed by atoms with van der Waals surface area (Å²) in [6.45, 7) is -0.263. The summed E-state index contributed by atoms with van der Waals surface area (Å²) >= 11 is 0. The van der Waals surface area contributed by atoms with Crippen LogP contribution in [-0.4, -0.2) is 51.6 Å². The van der Waals surface area contributed by atoms with Crippen molar-refractivity contribution in [3.63, 3.8) is 0 Å². The van der Waals surface area contributed by atoms with E-state index in [1.54, 1.807) is 0 Å². The second-order valence-corrected chi connectivity index (χ2v) is 2.62. The topological polar surface area (TPSA) is 90.2 Å². The Kier molecular flexibility index (Phi) is 2.80. The minimum Gasteiger partial charge on any atom is -0.394 e. The third-order valence-electron chi connectivity index (χ3n) is 1.73. The third-order valence-corrected chi connectivity index (χ3v) is 1.73. The van der Waals surface area contributed by atoms with E-state index in [2.05, 4.69) is 0 Å². The lowest BCUT2D eigenvalue weighted by atomic mass is 10.0. The van der Waals surface area contributed by atoms with Crippen molar-refractivity contribution in [2.24, 2.45) is 0 Å². The molecule has 1 unspecified atom stereocenters. The number of hydrogen-bond acceptors (Lipinski definition) is 5. The van der Waals surface area contributed by atoms with E-state index >= 15 is 0 Å². The molecule has 0 saturated carbocycles. The summed E-state index contributed by atoms with van der Waals surface area (Å²) in [5.41, 5.74) is 0. The fraction of sp³-hybridized carbons (Fsp3) is 1.00. The summed E-state index contributed by atoms with van der Waals surface area (Å²) in [4.78, 5) is 0. The summed E-state index contributed by atoms with van der Waals surface area (Å²) in [5.74, 6) is 0. The Morgan fingerprint density at radius 2 is 1.91 bits per heavy atom. The van der Waals surface area contributed by atoms with E-state index in [-0.39, 0.29) is 13.0 Å². The van der Waals surface area contributed by atoms with Gasteiger partial charge in [-0.15, -0.1) is 0 Å². The minimum absolute atomic E-state index is 0.148. The number of aliphatic hydroxyl groups excluding tert-OH is 4. The maximum atomic E-state index is 9.05. The maximum absolute atomic E-state index is 9.05. The highest BCUT2D eigenvalue weighted by Crippen LogP contribution is 2.17. The van der Waals surface area contributed by atoms with Gasteiger partial charge in [-0.25, -0.2) is 0 Å². The maximum Gasteiger partial charge on any atom is 0.183 e. The second-order valence-electron chi connectivity index (χ2n) is 2.62. The van der Waals surface area contributed by atoms with Crippen molar-refractivity contribution < 1.29 is 25.2 Å². The largest absolute Gasteiger partial charge is 0.394 e. The standard InChI is InChI=1S/C6H12O5/c7-2-3-1-4(8)5(9)6(10)11-3/h3-10H,1-2H2/t3-,4-,5-,6?/m1/s1. The Morgan fingerprint density at radius 3 is 2.36 bits per heavy atom. The van der Waals surface area contributed by atoms with Crippen LogP contribution in [0.3, 0.4) is 0 Å². The molecule has 0 aromatic rings. The lowest BCUT2D eigenvalue weighted by Gasteiger charge is -2.33. The molecule has 5 heteroatoms.